The Morgan fingerprint density at radius 3 is 2.41 bits per heavy atom. The van der Waals surface area contributed by atoms with E-state index in [1.807, 2.05) is 65.8 Å². The molecule has 7 nitrogen and oxygen atoms in total. The van der Waals surface area contributed by atoms with Crippen LogP contribution in [0.1, 0.15) is 65.2 Å². The third kappa shape index (κ3) is 6.11. The van der Waals surface area contributed by atoms with Crippen LogP contribution in [0.25, 0.3) is 22.1 Å². The van der Waals surface area contributed by atoms with Crippen LogP contribution in [0.4, 0.5) is 4.39 Å². The van der Waals surface area contributed by atoms with Gasteiger partial charge in [0.1, 0.15) is 22.7 Å². The molecule has 0 fully saturated rings. The molecule has 0 radical (unpaired) electrons. The number of benzene rings is 2. The summed E-state index contributed by atoms with van der Waals surface area (Å²) < 4.78 is 21.7. The maximum Gasteiger partial charge on any atom is 0.297 e. The molecule has 0 saturated carbocycles. The average molecular weight is 577 g/mol. The Morgan fingerprint density at radius 1 is 1.10 bits per heavy atom. The van der Waals surface area contributed by atoms with Crippen molar-refractivity contribution in [1.82, 2.24) is 14.5 Å². The summed E-state index contributed by atoms with van der Waals surface area (Å²) in [6, 6.07) is 14.9. The molecule has 2 aromatic carbocycles. The number of hydrogen-bond donors (Lipinski definition) is 1. The number of halogens is 1. The van der Waals surface area contributed by atoms with Crippen LogP contribution >= 0.6 is 11.3 Å². The van der Waals surface area contributed by atoms with Gasteiger partial charge in [-0.2, -0.15) is 0 Å². The van der Waals surface area contributed by atoms with E-state index in [4.69, 9.17) is 15.1 Å². The standard InChI is InChI=1S/C30H31FN4O3S.C2H6/c1-17(2)26(34(14-13-32)29(36)20-8-5-18(3)6-9-20)28-33-25-23-15-21(31)10-12-24(23)38-27(25)30(37)35(28)16-22-11-7-19(4)39-22;1-2/h5-12,15,17,26H,13-14,16,32H2,1-4H3;1-2H3. The summed E-state index contributed by atoms with van der Waals surface area (Å²) >= 11 is 1.59. The van der Waals surface area contributed by atoms with Gasteiger partial charge < -0.3 is 15.1 Å². The fourth-order valence-corrected chi connectivity index (χ4v) is 5.86. The Morgan fingerprint density at radius 2 is 1.80 bits per heavy atom. The van der Waals surface area contributed by atoms with Crippen LogP contribution in [-0.2, 0) is 6.54 Å². The van der Waals surface area contributed by atoms with Crippen molar-refractivity contribution in [2.24, 2.45) is 11.7 Å². The maximum absolute atomic E-state index is 14.2. The highest BCUT2D eigenvalue weighted by Gasteiger charge is 2.33. The fourth-order valence-electron chi connectivity index (χ4n) is 4.98. The number of rotatable bonds is 8. The molecule has 3 aromatic heterocycles. The van der Waals surface area contributed by atoms with Crippen LogP contribution in [0.2, 0.25) is 0 Å². The van der Waals surface area contributed by atoms with Gasteiger partial charge >= 0.3 is 0 Å². The number of hydrogen-bond acceptors (Lipinski definition) is 6. The highest BCUT2D eigenvalue weighted by Crippen LogP contribution is 2.33. The number of furan rings is 1. The van der Waals surface area contributed by atoms with Gasteiger partial charge in [0.15, 0.2) is 0 Å². The lowest BCUT2D eigenvalue weighted by Gasteiger charge is -2.35. The summed E-state index contributed by atoms with van der Waals surface area (Å²) in [5.74, 6) is -0.363. The second kappa shape index (κ2) is 12.8. The Labute approximate surface area is 243 Å². The first kappa shape index (κ1) is 30.1. The molecule has 216 valence electrons. The van der Waals surface area contributed by atoms with E-state index >= 15 is 0 Å². The second-order valence-electron chi connectivity index (χ2n) is 10.1. The van der Waals surface area contributed by atoms with Gasteiger partial charge in [0.05, 0.1) is 12.6 Å². The molecule has 1 amide bonds. The number of carbonyl (C=O) groups excluding carboxylic acids is 1. The lowest BCUT2D eigenvalue weighted by Crippen LogP contribution is -2.43. The van der Waals surface area contributed by atoms with E-state index in [0.29, 0.717) is 22.4 Å². The summed E-state index contributed by atoms with van der Waals surface area (Å²) in [6.07, 6.45) is 0. The molecule has 9 heteroatoms. The molecular weight excluding hydrogens is 539 g/mol. The maximum atomic E-state index is 14.2. The SMILES string of the molecule is CC.Cc1ccc(C(=O)N(CCN)C(c2nc3c(oc4ccc(F)cc43)c(=O)n2Cc2ccc(C)s2)C(C)C)cc1. The molecule has 0 bridgehead atoms. The number of amides is 1. The molecule has 1 atom stereocenters. The van der Waals surface area contributed by atoms with Crippen LogP contribution in [0.5, 0.6) is 0 Å². The molecule has 0 aliphatic heterocycles. The molecule has 0 aliphatic carbocycles. The number of nitrogens with zero attached hydrogens (tertiary/aromatic N) is 3. The number of fused-ring (bicyclic) bond motifs is 3. The quantitative estimate of drug-likeness (QED) is 0.218. The number of nitrogens with two attached hydrogens (primary N) is 1. The first-order valence-electron chi connectivity index (χ1n) is 13.9. The second-order valence-corrected chi connectivity index (χ2v) is 11.5. The Bertz CT molecular complexity index is 1720. The van der Waals surface area contributed by atoms with E-state index in [0.717, 1.165) is 15.3 Å². The minimum Gasteiger partial charge on any atom is -0.448 e. The smallest absolute Gasteiger partial charge is 0.297 e. The van der Waals surface area contributed by atoms with Crippen LogP contribution < -0.4 is 11.3 Å². The summed E-state index contributed by atoms with van der Waals surface area (Å²) in [6.45, 7) is 12.7. The lowest BCUT2D eigenvalue weighted by atomic mass is 9.99. The van der Waals surface area contributed by atoms with E-state index in [1.165, 1.54) is 18.2 Å². The highest BCUT2D eigenvalue weighted by atomic mass is 32.1. The zero-order chi connectivity index (χ0) is 29.8. The van der Waals surface area contributed by atoms with Crippen LogP contribution in [0.15, 0.2) is 63.8 Å². The van der Waals surface area contributed by atoms with Gasteiger partial charge in [0.2, 0.25) is 5.58 Å². The Hall–Kier alpha value is -3.82. The summed E-state index contributed by atoms with van der Waals surface area (Å²) in [5, 5.41) is 0.417. The molecule has 5 aromatic rings. The van der Waals surface area contributed by atoms with Crippen molar-refractivity contribution in [3.05, 3.63) is 97.5 Å². The van der Waals surface area contributed by atoms with Gasteiger partial charge in [-0.1, -0.05) is 45.4 Å². The van der Waals surface area contributed by atoms with Crippen molar-refractivity contribution in [3.8, 4) is 0 Å². The largest absolute Gasteiger partial charge is 0.448 e. The number of aryl methyl sites for hydroxylation is 2. The molecule has 0 saturated heterocycles. The van der Waals surface area contributed by atoms with Crippen molar-refractivity contribution in [2.45, 2.75) is 54.1 Å². The van der Waals surface area contributed by atoms with Gasteiger partial charge in [-0.05, 0) is 62.2 Å². The van der Waals surface area contributed by atoms with Crippen molar-refractivity contribution < 1.29 is 13.6 Å². The Balaban J connectivity index is 0.00000189. The van der Waals surface area contributed by atoms with Gasteiger partial charge in [-0.15, -0.1) is 11.3 Å². The number of carbonyl (C=O) groups is 1. The van der Waals surface area contributed by atoms with E-state index in [-0.39, 0.29) is 48.1 Å². The molecule has 5 rings (SSSR count). The van der Waals surface area contributed by atoms with Crippen LogP contribution in [0.3, 0.4) is 0 Å². The van der Waals surface area contributed by atoms with E-state index in [2.05, 4.69) is 0 Å². The number of thiophene rings is 1. The molecule has 3 heterocycles. The third-order valence-corrected chi connectivity index (χ3v) is 7.82. The van der Waals surface area contributed by atoms with Gasteiger partial charge in [0.25, 0.3) is 11.5 Å². The van der Waals surface area contributed by atoms with E-state index in [9.17, 15) is 14.0 Å². The average Bonchev–Trinajstić information content (AvgIpc) is 3.54. The minimum atomic E-state index is -0.584. The van der Waals surface area contributed by atoms with Gasteiger partial charge in [-0.25, -0.2) is 9.37 Å². The summed E-state index contributed by atoms with van der Waals surface area (Å²) in [7, 11) is 0. The third-order valence-electron chi connectivity index (χ3n) is 6.84. The van der Waals surface area contributed by atoms with Crippen molar-refractivity contribution in [1.29, 1.82) is 0 Å². The van der Waals surface area contributed by atoms with E-state index < -0.39 is 11.9 Å². The van der Waals surface area contributed by atoms with Crippen LogP contribution in [-0.4, -0.2) is 33.4 Å². The fraction of sp³-hybridized carbons (Fsp3) is 0.344. The monoisotopic (exact) mass is 576 g/mol. The summed E-state index contributed by atoms with van der Waals surface area (Å²) in [4.78, 5) is 36.6. The molecule has 0 aliphatic rings. The first-order chi connectivity index (χ1) is 19.7. The van der Waals surface area contributed by atoms with Gasteiger partial charge in [-0.3, -0.25) is 14.2 Å². The van der Waals surface area contributed by atoms with Crippen LogP contribution in [0, 0.1) is 25.6 Å². The molecule has 0 spiro atoms. The number of aromatic nitrogens is 2. The molecule has 1 unspecified atom stereocenters. The summed E-state index contributed by atoms with van der Waals surface area (Å²) in [5.41, 5.74) is 7.92. The predicted octanol–water partition coefficient (Wildman–Crippen LogP) is 6.83. The van der Waals surface area contributed by atoms with Crippen molar-refractivity contribution >= 4 is 39.3 Å². The highest BCUT2D eigenvalue weighted by molar-refractivity contribution is 7.11. The zero-order valence-corrected chi connectivity index (χ0v) is 25.2. The molecule has 41 heavy (non-hydrogen) atoms. The zero-order valence-electron chi connectivity index (χ0n) is 24.4. The topological polar surface area (TPSA) is 94.4 Å². The van der Waals surface area contributed by atoms with Gasteiger partial charge in [0, 0.05) is 33.8 Å². The van der Waals surface area contributed by atoms with Crippen molar-refractivity contribution in [2.75, 3.05) is 13.1 Å². The first-order valence-corrected chi connectivity index (χ1v) is 14.7. The Kier molecular flexibility index (Phi) is 9.40. The van der Waals surface area contributed by atoms with E-state index in [1.54, 1.807) is 32.9 Å². The minimum absolute atomic E-state index is 0.0605. The lowest BCUT2D eigenvalue weighted by molar-refractivity contribution is 0.0612. The predicted molar refractivity (Wildman–Crippen MR) is 164 cm³/mol. The molecule has 2 N–H and O–H groups in total. The van der Waals surface area contributed by atoms with Crippen molar-refractivity contribution in [3.63, 3.8) is 0 Å². The molecular formula is C32H37FN4O3S. The normalized spacial score (nSPS) is 12.0.